The largest absolute Gasteiger partial charge is 0.353 e. The molecule has 2 amide bonds. The van der Waals surface area contributed by atoms with Crippen LogP contribution in [0.2, 0.25) is 0 Å². The van der Waals surface area contributed by atoms with Crippen LogP contribution in [0.25, 0.3) is 10.1 Å². The minimum atomic E-state index is 0.0261. The average molecular weight is 493 g/mol. The first-order chi connectivity index (χ1) is 17.2. The number of piperazine rings is 1. The number of carbonyl (C=O) groups excluding carboxylic acids is 2. The lowest BCUT2D eigenvalue weighted by Gasteiger charge is -2.40. The maximum Gasteiger partial charge on any atom is 0.233 e. The highest BCUT2D eigenvalue weighted by molar-refractivity contribution is 7.13. The zero-order valence-corrected chi connectivity index (χ0v) is 21.3. The fraction of sp³-hybridized carbons (Fsp3) is 0.679. The van der Waals surface area contributed by atoms with Gasteiger partial charge in [-0.15, -0.1) is 0 Å². The first kappa shape index (κ1) is 22.2. The highest BCUT2D eigenvalue weighted by atomic mass is 32.1. The van der Waals surface area contributed by atoms with Crippen molar-refractivity contribution in [2.45, 2.75) is 44.9 Å². The molecule has 35 heavy (non-hydrogen) atoms. The van der Waals surface area contributed by atoms with Crippen LogP contribution in [0.4, 0.5) is 5.82 Å². The van der Waals surface area contributed by atoms with Crippen molar-refractivity contribution in [2.24, 2.45) is 35.5 Å². The molecule has 3 saturated carbocycles. The number of benzene rings is 1. The van der Waals surface area contributed by atoms with Crippen LogP contribution in [-0.4, -0.2) is 65.3 Å². The molecule has 2 saturated heterocycles. The molecule has 5 aliphatic rings. The molecule has 2 bridgehead atoms. The summed E-state index contributed by atoms with van der Waals surface area (Å²) in [5.74, 6) is 3.59. The molecule has 2 aromatic rings. The summed E-state index contributed by atoms with van der Waals surface area (Å²) in [6.45, 7) is 5.93. The number of anilines is 1. The van der Waals surface area contributed by atoms with Crippen molar-refractivity contribution in [2.75, 3.05) is 44.2 Å². The summed E-state index contributed by atoms with van der Waals surface area (Å²) < 4.78 is 6.02. The smallest absolute Gasteiger partial charge is 0.233 e. The first-order valence-electron chi connectivity index (χ1n) is 13.8. The Bertz CT molecular complexity index is 1100. The molecule has 2 aliphatic heterocycles. The molecule has 3 aliphatic carbocycles. The maximum absolute atomic E-state index is 13.3. The van der Waals surface area contributed by atoms with Gasteiger partial charge >= 0.3 is 0 Å². The summed E-state index contributed by atoms with van der Waals surface area (Å²) in [4.78, 5) is 33.4. The van der Waals surface area contributed by atoms with Gasteiger partial charge in [0.15, 0.2) is 0 Å². The van der Waals surface area contributed by atoms with Gasteiger partial charge in [-0.25, -0.2) is 0 Å². The van der Waals surface area contributed by atoms with Crippen molar-refractivity contribution in [3.63, 3.8) is 0 Å². The van der Waals surface area contributed by atoms with Gasteiger partial charge in [-0.2, -0.15) is 4.37 Å². The molecule has 6 nitrogen and oxygen atoms in total. The van der Waals surface area contributed by atoms with Crippen molar-refractivity contribution >= 4 is 39.3 Å². The Hall–Kier alpha value is -1.99. The lowest BCUT2D eigenvalue weighted by Crippen LogP contribution is -2.49. The van der Waals surface area contributed by atoms with E-state index in [4.69, 9.17) is 4.37 Å². The number of fused-ring (bicyclic) bond motifs is 6. The summed E-state index contributed by atoms with van der Waals surface area (Å²) in [5.41, 5.74) is 0. The average Bonchev–Trinajstić information content (AvgIpc) is 3.66. The molecular weight excluding hydrogens is 456 g/mol. The third kappa shape index (κ3) is 3.72. The Kier molecular flexibility index (Phi) is 5.61. The molecule has 7 rings (SSSR count). The van der Waals surface area contributed by atoms with Crippen LogP contribution in [0, 0.1) is 35.5 Å². The van der Waals surface area contributed by atoms with Gasteiger partial charge in [0, 0.05) is 44.7 Å². The molecule has 3 heterocycles. The number of amides is 2. The molecule has 0 radical (unpaired) electrons. The Morgan fingerprint density at radius 1 is 0.829 bits per heavy atom. The fourth-order valence-electron chi connectivity index (χ4n) is 8.22. The highest BCUT2D eigenvalue weighted by Crippen LogP contribution is 2.56. The summed E-state index contributed by atoms with van der Waals surface area (Å²) >= 11 is 1.60. The number of rotatable bonds is 5. The Morgan fingerprint density at radius 3 is 2.20 bits per heavy atom. The number of hydrogen-bond acceptors (Lipinski definition) is 6. The van der Waals surface area contributed by atoms with Gasteiger partial charge in [0.05, 0.1) is 16.5 Å². The third-order valence-corrected chi connectivity index (χ3v) is 10.8. The van der Waals surface area contributed by atoms with E-state index in [1.165, 1.54) is 29.3 Å². The van der Waals surface area contributed by atoms with E-state index < -0.39 is 0 Å². The van der Waals surface area contributed by atoms with E-state index in [0.29, 0.717) is 30.2 Å². The van der Waals surface area contributed by atoms with Crippen LogP contribution in [0.3, 0.4) is 0 Å². The van der Waals surface area contributed by atoms with Gasteiger partial charge in [-0.05, 0) is 79.4 Å². The predicted molar refractivity (Wildman–Crippen MR) is 138 cm³/mol. The molecule has 5 fully saturated rings. The minimum absolute atomic E-state index is 0.0261. The van der Waals surface area contributed by atoms with E-state index in [1.54, 1.807) is 16.4 Å². The second-order valence-corrected chi connectivity index (χ2v) is 12.6. The molecule has 7 heteroatoms. The molecule has 1 aromatic heterocycles. The topological polar surface area (TPSA) is 56.8 Å². The Morgan fingerprint density at radius 2 is 1.49 bits per heavy atom. The Balaban J connectivity index is 0.986. The predicted octanol–water partition coefficient (Wildman–Crippen LogP) is 4.26. The molecule has 186 valence electrons. The van der Waals surface area contributed by atoms with Gasteiger partial charge in [0.25, 0.3) is 0 Å². The number of carbonyl (C=O) groups is 2. The van der Waals surface area contributed by atoms with Gasteiger partial charge in [0.1, 0.15) is 5.82 Å². The lowest BCUT2D eigenvalue weighted by atomic mass is 9.78. The summed E-state index contributed by atoms with van der Waals surface area (Å²) in [7, 11) is 0. The Labute approximate surface area is 211 Å². The number of hydrogen-bond donors (Lipinski definition) is 0. The standard InChI is InChI=1S/C28H36N4O2S/c33-27-24-18-9-10-19(15-18)25(24)28(34)32(27)17-21-6-2-1-5-20(21)16-30-11-13-31(14-12-30)26-22-7-3-4-8-23(22)35-29-26/h3-4,7-8,18-21,24-25H,1-2,5-6,9-17H2/t18-,19-,20+,21-,24+,25+/m0/s1. The van der Waals surface area contributed by atoms with Crippen LogP contribution in [0.1, 0.15) is 44.9 Å². The summed E-state index contributed by atoms with van der Waals surface area (Å²) in [6.07, 6.45) is 8.35. The highest BCUT2D eigenvalue weighted by Gasteiger charge is 2.61. The molecule has 0 spiro atoms. The minimum Gasteiger partial charge on any atom is -0.353 e. The normalized spacial score (nSPS) is 35.4. The van der Waals surface area contributed by atoms with E-state index >= 15 is 0 Å². The van der Waals surface area contributed by atoms with Crippen molar-refractivity contribution in [1.29, 1.82) is 0 Å². The molecule has 0 unspecified atom stereocenters. The van der Waals surface area contributed by atoms with E-state index in [0.717, 1.165) is 64.2 Å². The van der Waals surface area contributed by atoms with Crippen LogP contribution < -0.4 is 4.90 Å². The fourth-order valence-corrected chi connectivity index (χ4v) is 9.02. The van der Waals surface area contributed by atoms with Crippen LogP contribution in [0.5, 0.6) is 0 Å². The van der Waals surface area contributed by atoms with E-state index in [-0.39, 0.29) is 23.7 Å². The summed E-state index contributed by atoms with van der Waals surface area (Å²) in [5, 5.41) is 1.27. The zero-order valence-electron chi connectivity index (χ0n) is 20.5. The molecule has 0 N–H and O–H groups in total. The van der Waals surface area contributed by atoms with E-state index in [9.17, 15) is 9.59 Å². The molecular formula is C28H36N4O2S. The van der Waals surface area contributed by atoms with Crippen LogP contribution >= 0.6 is 11.5 Å². The second-order valence-electron chi connectivity index (χ2n) is 11.8. The van der Waals surface area contributed by atoms with Crippen molar-refractivity contribution in [1.82, 2.24) is 14.2 Å². The van der Waals surface area contributed by atoms with Crippen molar-refractivity contribution in [3.05, 3.63) is 24.3 Å². The van der Waals surface area contributed by atoms with Gasteiger partial charge in [0.2, 0.25) is 11.8 Å². The van der Waals surface area contributed by atoms with Crippen molar-refractivity contribution < 1.29 is 9.59 Å². The lowest BCUT2D eigenvalue weighted by molar-refractivity contribution is -0.142. The van der Waals surface area contributed by atoms with Crippen LogP contribution in [0.15, 0.2) is 24.3 Å². The van der Waals surface area contributed by atoms with Crippen molar-refractivity contribution in [3.8, 4) is 0 Å². The molecule has 1 aromatic carbocycles. The molecule has 6 atom stereocenters. The van der Waals surface area contributed by atoms with E-state index in [2.05, 4.69) is 34.1 Å². The quantitative estimate of drug-likeness (QED) is 0.584. The second kappa shape index (κ2) is 8.84. The third-order valence-electron chi connectivity index (χ3n) is 10.0. The number of nitrogens with zero attached hydrogens (tertiary/aromatic N) is 4. The number of aromatic nitrogens is 1. The first-order valence-corrected chi connectivity index (χ1v) is 14.6. The SMILES string of the molecule is O=C1[C@@H]2[C@H]3CC[C@@H](C3)[C@H]2C(=O)N1C[C@@H]1CCCC[C@@H]1CN1CCN(c2nsc3ccccc23)CC1. The zero-order chi connectivity index (χ0) is 23.5. The monoisotopic (exact) mass is 492 g/mol. The summed E-state index contributed by atoms with van der Waals surface area (Å²) in [6, 6.07) is 8.54. The van der Waals surface area contributed by atoms with Crippen LogP contribution in [-0.2, 0) is 9.59 Å². The maximum atomic E-state index is 13.3. The van der Waals surface area contributed by atoms with Gasteiger partial charge < -0.3 is 4.90 Å². The van der Waals surface area contributed by atoms with E-state index in [1.807, 2.05) is 0 Å². The number of imide groups is 1. The van der Waals surface area contributed by atoms with Gasteiger partial charge in [-0.3, -0.25) is 19.4 Å². The number of likely N-dealkylation sites (tertiary alicyclic amines) is 1. The van der Waals surface area contributed by atoms with Gasteiger partial charge in [-0.1, -0.05) is 25.0 Å².